The monoisotopic (exact) mass is 161 g/mol. The zero-order valence-electron chi connectivity index (χ0n) is 4.18. The third-order valence-electron chi connectivity index (χ3n) is 0.632. The van der Waals surface area contributed by atoms with Crippen LogP contribution in [0.2, 0.25) is 0 Å². The van der Waals surface area contributed by atoms with Crippen LogP contribution in [0.15, 0.2) is 0 Å². The maximum Gasteiger partial charge on any atom is 0.405 e. The van der Waals surface area contributed by atoms with E-state index in [1.54, 1.807) is 0 Å². The molecule has 1 atom stereocenters. The minimum atomic E-state index is -4.73. The van der Waals surface area contributed by atoms with E-state index in [4.69, 9.17) is 0 Å². The van der Waals surface area contributed by atoms with E-state index >= 15 is 0 Å². The van der Waals surface area contributed by atoms with Crippen LogP contribution in [0.25, 0.3) is 0 Å². The van der Waals surface area contributed by atoms with Gasteiger partial charge in [0, 0.05) is 0 Å². The van der Waals surface area contributed by atoms with E-state index in [2.05, 4.69) is 6.92 Å². The minimum absolute atomic E-state index is 2.39. The van der Waals surface area contributed by atoms with Crippen molar-refractivity contribution in [2.45, 2.75) is 11.4 Å². The van der Waals surface area contributed by atoms with E-state index in [1.165, 1.54) is 0 Å². The van der Waals surface area contributed by atoms with Gasteiger partial charge in [-0.15, -0.1) is 0 Å². The first kappa shape index (κ1) is 8.74. The highest BCUT2D eigenvalue weighted by molar-refractivity contribution is 7.73. The van der Waals surface area contributed by atoms with Gasteiger partial charge in [0.2, 0.25) is 0 Å². The molecule has 0 bridgehead atoms. The first-order chi connectivity index (χ1) is 3.85. The molecule has 0 aromatic rings. The van der Waals surface area contributed by atoms with Crippen LogP contribution in [0.3, 0.4) is 0 Å². The lowest BCUT2D eigenvalue weighted by atomic mass is 10.5. The molecule has 0 N–H and O–H groups in total. The summed E-state index contributed by atoms with van der Waals surface area (Å²) in [6.07, 6.45) is -4.73. The Labute approximate surface area is 51.6 Å². The molecule has 0 aliphatic carbocycles. The molecule has 1 unspecified atom stereocenters. The van der Waals surface area contributed by atoms with Crippen molar-refractivity contribution in [3.63, 3.8) is 0 Å². The zero-order chi connectivity index (χ0) is 7.65. The molecular formula is C3H4F3O2S. The van der Waals surface area contributed by atoms with Gasteiger partial charge in [0.25, 0.3) is 0 Å². The second-order valence-electron chi connectivity index (χ2n) is 1.34. The van der Waals surface area contributed by atoms with Crippen molar-refractivity contribution in [1.82, 2.24) is 0 Å². The van der Waals surface area contributed by atoms with E-state index in [1.807, 2.05) is 0 Å². The van der Waals surface area contributed by atoms with Crippen LogP contribution in [0.4, 0.5) is 13.2 Å². The number of thiol groups is 1. The molecule has 6 heteroatoms. The van der Waals surface area contributed by atoms with Crippen molar-refractivity contribution in [1.29, 1.82) is 0 Å². The van der Waals surface area contributed by atoms with E-state index < -0.39 is 22.1 Å². The standard InChI is InChI=1S/C3H4F3O2S/c1-2(9(7)8)3(4,5)6/h2,9H,1H2. The summed E-state index contributed by atoms with van der Waals surface area (Å²) in [6, 6.07) is 0. The predicted octanol–water partition coefficient (Wildman–Crippen LogP) is 0.363. The molecule has 0 aliphatic rings. The van der Waals surface area contributed by atoms with Crippen LogP contribution in [0.5, 0.6) is 0 Å². The maximum atomic E-state index is 11.3. The van der Waals surface area contributed by atoms with Crippen molar-refractivity contribution in [3.05, 3.63) is 6.92 Å². The van der Waals surface area contributed by atoms with Gasteiger partial charge in [0.15, 0.2) is 16.0 Å². The quantitative estimate of drug-likeness (QED) is 0.563. The second kappa shape index (κ2) is 2.55. The van der Waals surface area contributed by atoms with Gasteiger partial charge in [-0.1, -0.05) is 0 Å². The van der Waals surface area contributed by atoms with Crippen LogP contribution in [0, 0.1) is 6.92 Å². The van der Waals surface area contributed by atoms with Crippen molar-refractivity contribution in [2.75, 3.05) is 0 Å². The van der Waals surface area contributed by atoms with Gasteiger partial charge in [0.05, 0.1) is 0 Å². The van der Waals surface area contributed by atoms with Crippen LogP contribution < -0.4 is 0 Å². The lowest BCUT2D eigenvalue weighted by Gasteiger charge is -2.06. The summed E-state index contributed by atoms with van der Waals surface area (Å²) in [6.45, 7) is 2.39. The predicted molar refractivity (Wildman–Crippen MR) is 25.5 cm³/mol. The largest absolute Gasteiger partial charge is 0.405 e. The van der Waals surface area contributed by atoms with Crippen molar-refractivity contribution in [2.24, 2.45) is 0 Å². The Morgan fingerprint density at radius 2 is 1.67 bits per heavy atom. The number of rotatable bonds is 1. The van der Waals surface area contributed by atoms with Gasteiger partial charge in [-0.3, -0.25) is 0 Å². The summed E-state index contributed by atoms with van der Waals surface area (Å²) >= 11 is 0. The molecule has 1 radical (unpaired) electrons. The molecule has 0 rings (SSSR count). The third kappa shape index (κ3) is 2.69. The summed E-state index contributed by atoms with van der Waals surface area (Å²) in [5.41, 5.74) is 0. The molecular weight excluding hydrogens is 157 g/mol. The van der Waals surface area contributed by atoms with Crippen molar-refractivity contribution < 1.29 is 21.6 Å². The lowest BCUT2D eigenvalue weighted by Crippen LogP contribution is -2.26. The van der Waals surface area contributed by atoms with Crippen LogP contribution in [0.1, 0.15) is 0 Å². The molecule has 0 aromatic carbocycles. The van der Waals surface area contributed by atoms with Gasteiger partial charge in [-0.2, -0.15) is 13.2 Å². The van der Waals surface area contributed by atoms with Crippen LogP contribution in [-0.2, 0) is 10.7 Å². The van der Waals surface area contributed by atoms with Crippen LogP contribution in [-0.4, -0.2) is 19.8 Å². The molecule has 0 aromatic heterocycles. The highest BCUT2D eigenvalue weighted by Gasteiger charge is 2.38. The van der Waals surface area contributed by atoms with Gasteiger partial charge < -0.3 is 0 Å². The van der Waals surface area contributed by atoms with E-state index in [-0.39, 0.29) is 0 Å². The Hall–Kier alpha value is -0.260. The second-order valence-corrected chi connectivity index (χ2v) is 2.54. The molecule has 9 heavy (non-hydrogen) atoms. The first-order valence-corrected chi connectivity index (χ1v) is 3.13. The normalized spacial score (nSPS) is 16.1. The Morgan fingerprint density at radius 3 is 1.67 bits per heavy atom. The molecule has 0 saturated carbocycles. The number of hydrogen-bond donors (Lipinski definition) is 1. The maximum absolute atomic E-state index is 11.3. The van der Waals surface area contributed by atoms with Crippen molar-refractivity contribution >= 4 is 10.7 Å². The smallest absolute Gasteiger partial charge is 0.231 e. The molecule has 55 valence electrons. The fourth-order valence-corrected chi connectivity index (χ4v) is 0.359. The fourth-order valence-electron chi connectivity index (χ4n) is 0.120. The molecule has 0 heterocycles. The van der Waals surface area contributed by atoms with Gasteiger partial charge >= 0.3 is 6.18 Å². The molecule has 0 fully saturated rings. The average molecular weight is 161 g/mol. The summed E-state index contributed by atoms with van der Waals surface area (Å²) in [4.78, 5) is 0. The van der Waals surface area contributed by atoms with E-state index in [9.17, 15) is 21.6 Å². The number of hydrogen-bond acceptors (Lipinski definition) is 2. The summed E-state index contributed by atoms with van der Waals surface area (Å²) in [5, 5.41) is -2.48. The van der Waals surface area contributed by atoms with Gasteiger partial charge in [0.1, 0.15) is 0 Å². The average Bonchev–Trinajstić information content (AvgIpc) is 1.62. The minimum Gasteiger partial charge on any atom is -0.231 e. The topological polar surface area (TPSA) is 34.1 Å². The van der Waals surface area contributed by atoms with E-state index in [0.29, 0.717) is 0 Å². The SMILES string of the molecule is [CH2]C([SH](=O)=O)C(F)(F)F. The number of halogens is 3. The molecule has 0 aliphatic heterocycles. The van der Waals surface area contributed by atoms with Gasteiger partial charge in [-0.25, -0.2) is 8.42 Å². The molecule has 0 spiro atoms. The zero-order valence-corrected chi connectivity index (χ0v) is 5.08. The first-order valence-electron chi connectivity index (χ1n) is 1.89. The molecule has 2 nitrogen and oxygen atoms in total. The Bertz CT molecular complexity index is 151. The number of alkyl halides is 3. The Morgan fingerprint density at radius 1 is 1.33 bits per heavy atom. The summed E-state index contributed by atoms with van der Waals surface area (Å²) in [7, 11) is -3.49. The summed E-state index contributed by atoms with van der Waals surface area (Å²) < 4.78 is 53.0. The molecule has 0 amide bonds. The fraction of sp³-hybridized carbons (Fsp3) is 0.667. The Kier molecular flexibility index (Phi) is 2.48. The highest BCUT2D eigenvalue weighted by atomic mass is 32.2. The van der Waals surface area contributed by atoms with Crippen LogP contribution >= 0.6 is 0 Å². The third-order valence-corrected chi connectivity index (χ3v) is 1.43. The van der Waals surface area contributed by atoms with Crippen molar-refractivity contribution in [3.8, 4) is 0 Å². The lowest BCUT2D eigenvalue weighted by molar-refractivity contribution is -0.121. The Balaban J connectivity index is 4.22. The highest BCUT2D eigenvalue weighted by Crippen LogP contribution is 2.21. The van der Waals surface area contributed by atoms with E-state index in [0.717, 1.165) is 0 Å². The van der Waals surface area contributed by atoms with Gasteiger partial charge in [-0.05, 0) is 6.92 Å². The summed E-state index contributed by atoms with van der Waals surface area (Å²) in [5.74, 6) is 0. The molecule has 0 saturated heterocycles.